The van der Waals surface area contributed by atoms with Crippen molar-refractivity contribution in [2.24, 2.45) is 0 Å². The highest BCUT2D eigenvalue weighted by Crippen LogP contribution is 2.40. The van der Waals surface area contributed by atoms with Gasteiger partial charge in [0.1, 0.15) is 24.4 Å². The molecule has 2 aromatic carbocycles. The van der Waals surface area contributed by atoms with Crippen LogP contribution in [-0.2, 0) is 57.5 Å². The van der Waals surface area contributed by atoms with E-state index in [1.165, 1.54) is 33.4 Å². The third-order valence-corrected chi connectivity index (χ3v) is 8.22. The number of aliphatic hydroxyl groups excluding tert-OH is 2. The second-order valence-electron chi connectivity index (χ2n) is 10.4. The average molecular weight is 527 g/mol. The fourth-order valence-electron chi connectivity index (χ4n) is 6.20. The van der Waals surface area contributed by atoms with Gasteiger partial charge in [0.2, 0.25) is 0 Å². The van der Waals surface area contributed by atoms with Crippen LogP contribution in [0.2, 0.25) is 0 Å². The van der Waals surface area contributed by atoms with Gasteiger partial charge in [-0.2, -0.15) is 0 Å². The van der Waals surface area contributed by atoms with Crippen LogP contribution in [0.4, 0.5) is 0 Å². The monoisotopic (exact) mass is 526 g/mol. The van der Waals surface area contributed by atoms with Crippen molar-refractivity contribution in [3.8, 4) is 0 Å². The van der Waals surface area contributed by atoms with Gasteiger partial charge >= 0.3 is 0 Å². The molecule has 0 radical (unpaired) electrons. The lowest BCUT2D eigenvalue weighted by molar-refractivity contribution is -0.373. The molecule has 2 aliphatic rings. The highest BCUT2D eigenvalue weighted by Gasteiger charge is 2.48. The molecular formula is C32H46O6. The van der Waals surface area contributed by atoms with E-state index in [9.17, 15) is 10.2 Å². The van der Waals surface area contributed by atoms with E-state index in [-0.39, 0.29) is 0 Å². The first-order chi connectivity index (χ1) is 18.4. The van der Waals surface area contributed by atoms with E-state index in [1.54, 1.807) is 0 Å². The molecule has 6 atom stereocenters. The van der Waals surface area contributed by atoms with Crippen LogP contribution in [0.3, 0.4) is 0 Å². The molecule has 2 fully saturated rings. The normalized spacial score (nSPS) is 26.3. The van der Waals surface area contributed by atoms with Crippen LogP contribution in [0.15, 0.2) is 24.3 Å². The molecule has 2 N–H and O–H groups in total. The summed E-state index contributed by atoms with van der Waals surface area (Å²) >= 11 is 0. The van der Waals surface area contributed by atoms with Crippen molar-refractivity contribution in [1.82, 2.24) is 0 Å². The number of aliphatic hydroxyl groups is 2. The van der Waals surface area contributed by atoms with E-state index in [0.29, 0.717) is 6.61 Å². The van der Waals surface area contributed by atoms with Gasteiger partial charge in [-0.25, -0.2) is 0 Å². The zero-order chi connectivity index (χ0) is 27.4. The summed E-state index contributed by atoms with van der Waals surface area (Å²) in [7, 11) is 0. The molecule has 0 spiro atoms. The van der Waals surface area contributed by atoms with Crippen LogP contribution in [0, 0.1) is 0 Å². The van der Waals surface area contributed by atoms with E-state index in [2.05, 4.69) is 65.8 Å². The Morgan fingerprint density at radius 2 is 1.16 bits per heavy atom. The number of benzene rings is 2. The number of rotatable bonds is 10. The van der Waals surface area contributed by atoms with E-state index in [0.717, 1.165) is 49.7 Å². The van der Waals surface area contributed by atoms with Crippen LogP contribution in [0.5, 0.6) is 0 Å². The van der Waals surface area contributed by atoms with Crippen molar-refractivity contribution in [1.29, 1.82) is 0 Å². The lowest BCUT2D eigenvalue weighted by Crippen LogP contribution is -2.58. The minimum Gasteiger partial charge on any atom is -0.394 e. The van der Waals surface area contributed by atoms with Gasteiger partial charge in [0.25, 0.3) is 0 Å². The Labute approximate surface area is 228 Å². The molecule has 2 heterocycles. The molecule has 0 amide bonds. The van der Waals surface area contributed by atoms with E-state index in [1.807, 2.05) is 0 Å². The molecule has 210 valence electrons. The Morgan fingerprint density at radius 3 is 1.58 bits per heavy atom. The van der Waals surface area contributed by atoms with Gasteiger partial charge in [-0.15, -0.1) is 0 Å². The molecule has 4 rings (SSSR count). The number of aryl methyl sites for hydroxylation is 4. The van der Waals surface area contributed by atoms with Gasteiger partial charge in [0.15, 0.2) is 12.6 Å². The third kappa shape index (κ3) is 5.72. The van der Waals surface area contributed by atoms with Crippen LogP contribution in [-0.4, -0.2) is 47.8 Å². The van der Waals surface area contributed by atoms with Gasteiger partial charge in [0.05, 0.1) is 13.2 Å². The zero-order valence-electron chi connectivity index (χ0n) is 24.0. The van der Waals surface area contributed by atoms with Crippen LogP contribution >= 0.6 is 0 Å². The second-order valence-corrected chi connectivity index (χ2v) is 10.4. The maximum atomic E-state index is 10.8. The Hall–Kier alpha value is -1.80. The van der Waals surface area contributed by atoms with Crippen molar-refractivity contribution in [3.63, 3.8) is 0 Å². The summed E-state index contributed by atoms with van der Waals surface area (Å²) in [4.78, 5) is 0. The number of ether oxygens (including phenoxy) is 4. The fraction of sp³-hybridized carbons (Fsp3) is 0.625. The molecule has 2 unspecified atom stereocenters. The topological polar surface area (TPSA) is 77.4 Å². The number of fused-ring (bicyclic) bond motifs is 1. The minimum absolute atomic E-state index is 0.316. The summed E-state index contributed by atoms with van der Waals surface area (Å²) in [5.41, 5.74) is 9.91. The van der Waals surface area contributed by atoms with Crippen LogP contribution in [0.25, 0.3) is 0 Å². The molecular weight excluding hydrogens is 480 g/mol. The molecule has 6 nitrogen and oxygen atoms in total. The van der Waals surface area contributed by atoms with Crippen LogP contribution in [0.1, 0.15) is 98.6 Å². The van der Waals surface area contributed by atoms with Gasteiger partial charge < -0.3 is 29.2 Å². The second kappa shape index (κ2) is 13.0. The van der Waals surface area contributed by atoms with Crippen molar-refractivity contribution in [3.05, 3.63) is 68.8 Å². The predicted octanol–water partition coefficient (Wildman–Crippen LogP) is 5.31. The maximum Gasteiger partial charge on any atom is 0.184 e. The highest BCUT2D eigenvalue weighted by molar-refractivity contribution is 5.41. The van der Waals surface area contributed by atoms with E-state index < -0.39 is 43.6 Å². The predicted molar refractivity (Wildman–Crippen MR) is 148 cm³/mol. The molecule has 2 saturated heterocycles. The first kappa shape index (κ1) is 29.2. The summed E-state index contributed by atoms with van der Waals surface area (Å²) in [6.07, 6.45) is 1.62. The number of hydrogen-bond acceptors (Lipinski definition) is 6. The molecule has 0 bridgehead atoms. The Kier molecular flexibility index (Phi) is 10.0. The number of hydrogen-bond donors (Lipinski definition) is 2. The van der Waals surface area contributed by atoms with Crippen molar-refractivity contribution in [2.45, 2.75) is 117 Å². The first-order valence-corrected chi connectivity index (χ1v) is 14.6. The van der Waals surface area contributed by atoms with Gasteiger partial charge in [-0.3, -0.25) is 0 Å². The smallest absolute Gasteiger partial charge is 0.184 e. The van der Waals surface area contributed by atoms with E-state index >= 15 is 0 Å². The largest absolute Gasteiger partial charge is 0.394 e. The summed E-state index contributed by atoms with van der Waals surface area (Å²) < 4.78 is 25.5. The molecule has 0 aromatic heterocycles. The summed E-state index contributed by atoms with van der Waals surface area (Å²) in [6, 6.07) is 8.68. The van der Waals surface area contributed by atoms with Gasteiger partial charge in [-0.1, -0.05) is 65.8 Å². The molecule has 38 heavy (non-hydrogen) atoms. The fourth-order valence-corrected chi connectivity index (χ4v) is 6.20. The Balaban J connectivity index is 1.63. The molecule has 6 heteroatoms. The first-order valence-electron chi connectivity index (χ1n) is 14.6. The SMILES string of the molecule is CCc1cc(C2OC[C@@H]3OC(c4cc(CC)c(CC)c(CC)c4)O[C@H]([C@H](O)CO)[C@@H]3O2)cc(CC)c1CC. The standard InChI is InChI=1S/C32H46O6/c1-7-19-13-23(14-20(8-2)25(19)11-5)31-35-18-28-30(38-31)29(27(34)17-33)37-32(36-28)24-15-21(9-3)26(12-6)22(10-4)16-24/h13-16,27-34H,7-12,17-18H2,1-6H3/t27-,28+,29-,30-,31?,32?/m1/s1. The average Bonchev–Trinajstić information content (AvgIpc) is 2.97. The van der Waals surface area contributed by atoms with Gasteiger partial charge in [-0.05, 0) is 71.9 Å². The molecule has 2 aliphatic heterocycles. The Bertz CT molecular complexity index is 1030. The van der Waals surface area contributed by atoms with E-state index in [4.69, 9.17) is 18.9 Å². The third-order valence-electron chi connectivity index (χ3n) is 8.22. The summed E-state index contributed by atoms with van der Waals surface area (Å²) in [5.74, 6) is 0. The van der Waals surface area contributed by atoms with Crippen molar-refractivity contribution < 1.29 is 29.2 Å². The lowest BCUT2D eigenvalue weighted by atomic mass is 9.92. The summed E-state index contributed by atoms with van der Waals surface area (Å²) in [6.45, 7) is 13.0. The van der Waals surface area contributed by atoms with Gasteiger partial charge in [0, 0.05) is 11.1 Å². The van der Waals surface area contributed by atoms with Crippen molar-refractivity contribution in [2.75, 3.05) is 13.2 Å². The maximum absolute atomic E-state index is 10.8. The molecule has 2 aromatic rings. The Morgan fingerprint density at radius 1 is 0.684 bits per heavy atom. The minimum atomic E-state index is -1.10. The van der Waals surface area contributed by atoms with Crippen LogP contribution < -0.4 is 0 Å². The molecule has 0 aliphatic carbocycles. The molecule has 0 saturated carbocycles. The quantitative estimate of drug-likeness (QED) is 0.437. The lowest BCUT2D eigenvalue weighted by Gasteiger charge is -2.47. The summed E-state index contributed by atoms with van der Waals surface area (Å²) in [5, 5.41) is 20.7. The highest BCUT2D eigenvalue weighted by atomic mass is 16.8. The zero-order valence-corrected chi connectivity index (χ0v) is 24.0. The van der Waals surface area contributed by atoms with Crippen molar-refractivity contribution >= 4 is 0 Å².